The number of hydrogen-bond acceptors (Lipinski definition) is 3. The zero-order valence-corrected chi connectivity index (χ0v) is 12.1. The molecule has 0 unspecified atom stereocenters. The van der Waals surface area contributed by atoms with Gasteiger partial charge < -0.3 is 0 Å². The van der Waals surface area contributed by atoms with Gasteiger partial charge in [-0.2, -0.15) is 0 Å². The van der Waals surface area contributed by atoms with E-state index in [1.54, 1.807) is 42.5 Å². The first-order valence-electron chi connectivity index (χ1n) is 5.37. The van der Waals surface area contributed by atoms with Crippen LogP contribution in [0, 0.1) is 0 Å². The minimum atomic E-state index is -3.83. The van der Waals surface area contributed by atoms with Crippen molar-refractivity contribution in [2.75, 3.05) is 0 Å². The Morgan fingerprint density at radius 1 is 0.947 bits per heavy atom. The van der Waals surface area contributed by atoms with Gasteiger partial charge in [-0.25, -0.2) is 13.1 Å². The third kappa shape index (κ3) is 3.42. The topological polar surface area (TPSA) is 63.2 Å². The number of benzene rings is 2. The van der Waals surface area contributed by atoms with Crippen LogP contribution in [-0.4, -0.2) is 14.3 Å². The van der Waals surface area contributed by atoms with Crippen molar-refractivity contribution in [1.29, 1.82) is 0 Å². The van der Waals surface area contributed by atoms with E-state index in [2.05, 4.69) is 15.9 Å². The molecule has 0 heterocycles. The number of halogens is 1. The van der Waals surface area contributed by atoms with Crippen LogP contribution in [-0.2, 0) is 10.0 Å². The number of carbonyl (C=O) groups excluding carboxylic acids is 1. The maximum atomic E-state index is 11.9. The van der Waals surface area contributed by atoms with Gasteiger partial charge in [-0.15, -0.1) is 0 Å². The third-order valence-electron chi connectivity index (χ3n) is 2.39. The molecule has 0 saturated carbocycles. The van der Waals surface area contributed by atoms with Crippen LogP contribution in [0.4, 0.5) is 0 Å². The Bertz CT molecular complexity index is 682. The Balaban J connectivity index is 2.22. The highest BCUT2D eigenvalue weighted by molar-refractivity contribution is 9.10. The van der Waals surface area contributed by atoms with E-state index >= 15 is 0 Å². The summed E-state index contributed by atoms with van der Waals surface area (Å²) in [5.74, 6) is -0.656. The van der Waals surface area contributed by atoms with Crippen molar-refractivity contribution in [3.8, 4) is 0 Å². The SMILES string of the molecule is O=C(NS(=O)(=O)c1ccccc1)c1ccc(Br)cc1. The van der Waals surface area contributed by atoms with Gasteiger partial charge in [0.1, 0.15) is 0 Å². The van der Waals surface area contributed by atoms with Crippen LogP contribution in [0.5, 0.6) is 0 Å². The summed E-state index contributed by atoms with van der Waals surface area (Å²) in [4.78, 5) is 11.9. The molecule has 2 aromatic carbocycles. The first kappa shape index (κ1) is 13.8. The van der Waals surface area contributed by atoms with Crippen LogP contribution in [0.25, 0.3) is 0 Å². The minimum Gasteiger partial charge on any atom is -0.268 e. The quantitative estimate of drug-likeness (QED) is 0.934. The largest absolute Gasteiger partial charge is 0.268 e. The second-order valence-corrected chi connectivity index (χ2v) is 6.35. The van der Waals surface area contributed by atoms with Crippen LogP contribution in [0.15, 0.2) is 64.0 Å². The Kier molecular flexibility index (Phi) is 4.01. The predicted molar refractivity (Wildman–Crippen MR) is 75.2 cm³/mol. The summed E-state index contributed by atoms with van der Waals surface area (Å²) in [5, 5.41) is 0. The molecule has 2 rings (SSSR count). The summed E-state index contributed by atoms with van der Waals surface area (Å²) in [5.41, 5.74) is 0.280. The summed E-state index contributed by atoms with van der Waals surface area (Å²) in [6.07, 6.45) is 0. The molecule has 6 heteroatoms. The number of nitrogens with one attached hydrogen (secondary N) is 1. The van der Waals surface area contributed by atoms with Crippen molar-refractivity contribution >= 4 is 31.9 Å². The monoisotopic (exact) mass is 339 g/mol. The van der Waals surface area contributed by atoms with E-state index in [1.165, 1.54) is 12.1 Å². The molecule has 0 atom stereocenters. The number of sulfonamides is 1. The van der Waals surface area contributed by atoms with E-state index in [0.717, 1.165) is 4.47 Å². The van der Waals surface area contributed by atoms with Crippen molar-refractivity contribution in [2.24, 2.45) is 0 Å². The molecular formula is C13H10BrNO3S. The number of carbonyl (C=O) groups is 1. The fraction of sp³-hybridized carbons (Fsp3) is 0. The molecule has 1 amide bonds. The minimum absolute atomic E-state index is 0.0560. The number of amides is 1. The summed E-state index contributed by atoms with van der Waals surface area (Å²) in [6, 6.07) is 14.2. The lowest BCUT2D eigenvalue weighted by atomic mass is 10.2. The van der Waals surface area contributed by atoms with Gasteiger partial charge >= 0.3 is 0 Å². The standard InChI is InChI=1S/C13H10BrNO3S/c14-11-8-6-10(7-9-11)13(16)15-19(17,18)12-4-2-1-3-5-12/h1-9H,(H,15,16). The Labute approximate surface area is 119 Å². The fourth-order valence-electron chi connectivity index (χ4n) is 1.44. The predicted octanol–water partition coefficient (Wildman–Crippen LogP) is 2.57. The normalized spacial score (nSPS) is 11.0. The Morgan fingerprint density at radius 3 is 2.11 bits per heavy atom. The van der Waals surface area contributed by atoms with E-state index in [9.17, 15) is 13.2 Å². The summed E-state index contributed by atoms with van der Waals surface area (Å²) in [7, 11) is -3.83. The smallest absolute Gasteiger partial charge is 0.264 e. The molecule has 19 heavy (non-hydrogen) atoms. The molecule has 0 aliphatic rings. The van der Waals surface area contributed by atoms with Gasteiger partial charge in [-0.3, -0.25) is 4.79 Å². The Hall–Kier alpha value is -1.66. The van der Waals surface area contributed by atoms with Crippen LogP contribution in [0.2, 0.25) is 0 Å². The van der Waals surface area contributed by atoms with Gasteiger partial charge in [0, 0.05) is 10.0 Å². The Morgan fingerprint density at radius 2 is 1.53 bits per heavy atom. The number of rotatable bonds is 3. The highest BCUT2D eigenvalue weighted by atomic mass is 79.9. The van der Waals surface area contributed by atoms with Gasteiger partial charge in [0.05, 0.1) is 4.90 Å². The summed E-state index contributed by atoms with van der Waals surface area (Å²) >= 11 is 3.24. The van der Waals surface area contributed by atoms with Gasteiger partial charge in [-0.05, 0) is 36.4 Å². The van der Waals surface area contributed by atoms with Gasteiger partial charge in [0.25, 0.3) is 15.9 Å². The molecule has 2 aromatic rings. The lowest BCUT2D eigenvalue weighted by Gasteiger charge is -2.06. The number of hydrogen-bond donors (Lipinski definition) is 1. The van der Waals surface area contributed by atoms with Crippen molar-refractivity contribution in [2.45, 2.75) is 4.90 Å². The molecule has 0 saturated heterocycles. The highest BCUT2D eigenvalue weighted by Crippen LogP contribution is 2.12. The lowest BCUT2D eigenvalue weighted by Crippen LogP contribution is -2.30. The van der Waals surface area contributed by atoms with E-state index in [1.807, 2.05) is 4.72 Å². The molecule has 0 spiro atoms. The molecule has 0 bridgehead atoms. The average molecular weight is 340 g/mol. The van der Waals surface area contributed by atoms with Gasteiger partial charge in [-0.1, -0.05) is 34.1 Å². The van der Waals surface area contributed by atoms with Gasteiger partial charge in [0.2, 0.25) is 0 Å². The third-order valence-corrected chi connectivity index (χ3v) is 4.26. The average Bonchev–Trinajstić information content (AvgIpc) is 2.40. The first-order valence-corrected chi connectivity index (χ1v) is 7.64. The lowest BCUT2D eigenvalue weighted by molar-refractivity contribution is 0.0981. The molecular weight excluding hydrogens is 330 g/mol. The van der Waals surface area contributed by atoms with E-state index in [-0.39, 0.29) is 10.5 Å². The molecule has 1 N–H and O–H groups in total. The zero-order chi connectivity index (χ0) is 13.9. The van der Waals surface area contributed by atoms with Crippen LogP contribution >= 0.6 is 15.9 Å². The zero-order valence-electron chi connectivity index (χ0n) is 9.71. The maximum Gasteiger partial charge on any atom is 0.264 e. The van der Waals surface area contributed by atoms with Crippen molar-refractivity contribution in [3.63, 3.8) is 0 Å². The molecule has 0 radical (unpaired) electrons. The van der Waals surface area contributed by atoms with Crippen LogP contribution in [0.3, 0.4) is 0 Å². The molecule has 98 valence electrons. The fourth-order valence-corrected chi connectivity index (χ4v) is 2.70. The van der Waals surface area contributed by atoms with Crippen molar-refractivity contribution < 1.29 is 13.2 Å². The van der Waals surface area contributed by atoms with Crippen molar-refractivity contribution in [3.05, 3.63) is 64.6 Å². The van der Waals surface area contributed by atoms with Crippen LogP contribution in [0.1, 0.15) is 10.4 Å². The van der Waals surface area contributed by atoms with Crippen molar-refractivity contribution in [1.82, 2.24) is 4.72 Å². The van der Waals surface area contributed by atoms with Crippen LogP contribution < -0.4 is 4.72 Å². The first-order chi connectivity index (χ1) is 8.99. The summed E-state index contributed by atoms with van der Waals surface area (Å²) in [6.45, 7) is 0. The molecule has 0 aromatic heterocycles. The highest BCUT2D eigenvalue weighted by Gasteiger charge is 2.17. The molecule has 0 aliphatic carbocycles. The second kappa shape index (κ2) is 5.54. The van der Waals surface area contributed by atoms with E-state index in [4.69, 9.17) is 0 Å². The molecule has 0 aliphatic heterocycles. The van der Waals surface area contributed by atoms with E-state index < -0.39 is 15.9 Å². The molecule has 4 nitrogen and oxygen atoms in total. The second-order valence-electron chi connectivity index (χ2n) is 3.75. The summed E-state index contributed by atoms with van der Waals surface area (Å²) < 4.78 is 26.7. The van der Waals surface area contributed by atoms with E-state index in [0.29, 0.717) is 0 Å². The molecule has 0 fully saturated rings. The van der Waals surface area contributed by atoms with Gasteiger partial charge in [0.15, 0.2) is 0 Å². The maximum absolute atomic E-state index is 11.9.